The van der Waals surface area contributed by atoms with Crippen LogP contribution in [0.4, 0.5) is 0 Å². The molecule has 3 rings (SSSR count). The Labute approximate surface area is 155 Å². The third kappa shape index (κ3) is 3.76. The van der Waals surface area contributed by atoms with E-state index >= 15 is 0 Å². The molecular formula is C19H25N3O3S. The molecule has 6 nitrogen and oxygen atoms in total. The van der Waals surface area contributed by atoms with E-state index in [4.69, 9.17) is 0 Å². The van der Waals surface area contributed by atoms with Gasteiger partial charge in [0.25, 0.3) is 5.91 Å². The maximum absolute atomic E-state index is 12.8. The highest BCUT2D eigenvalue weighted by molar-refractivity contribution is 7.89. The Kier molecular flexibility index (Phi) is 5.09. The van der Waals surface area contributed by atoms with Crippen LogP contribution in [0.2, 0.25) is 0 Å². The van der Waals surface area contributed by atoms with Gasteiger partial charge in [-0.2, -0.15) is 5.26 Å². The van der Waals surface area contributed by atoms with Gasteiger partial charge in [0.1, 0.15) is 0 Å². The van der Waals surface area contributed by atoms with Crippen molar-refractivity contribution >= 4 is 15.9 Å². The molecule has 1 unspecified atom stereocenters. The van der Waals surface area contributed by atoms with Crippen molar-refractivity contribution in [1.29, 1.82) is 5.26 Å². The van der Waals surface area contributed by atoms with Gasteiger partial charge in [0, 0.05) is 24.7 Å². The van der Waals surface area contributed by atoms with Crippen LogP contribution >= 0.6 is 0 Å². The molecule has 1 N–H and O–H groups in total. The number of carbonyl (C=O) groups excluding carboxylic acids is 1. The second kappa shape index (κ2) is 7.01. The molecule has 1 aliphatic heterocycles. The van der Waals surface area contributed by atoms with E-state index in [1.807, 2.05) is 6.92 Å². The van der Waals surface area contributed by atoms with E-state index in [-0.39, 0.29) is 16.8 Å². The van der Waals surface area contributed by atoms with Crippen LogP contribution in [0.5, 0.6) is 0 Å². The smallest absolute Gasteiger partial charge is 0.253 e. The van der Waals surface area contributed by atoms with Gasteiger partial charge in [0.2, 0.25) is 10.0 Å². The molecule has 26 heavy (non-hydrogen) atoms. The Hall–Kier alpha value is -1.91. The number of nitrogens with one attached hydrogen (secondary N) is 1. The highest BCUT2D eigenvalue weighted by atomic mass is 32.2. The van der Waals surface area contributed by atoms with Crippen molar-refractivity contribution in [2.75, 3.05) is 13.1 Å². The van der Waals surface area contributed by atoms with Crippen molar-refractivity contribution in [2.45, 2.75) is 56.9 Å². The highest BCUT2D eigenvalue weighted by Gasteiger charge is 2.36. The number of nitrogens with zero attached hydrogens (tertiary/aromatic N) is 2. The zero-order valence-electron chi connectivity index (χ0n) is 15.3. The first-order chi connectivity index (χ1) is 12.2. The van der Waals surface area contributed by atoms with Crippen LogP contribution in [0, 0.1) is 23.7 Å². The van der Waals surface area contributed by atoms with Crippen LogP contribution in [0.1, 0.15) is 54.9 Å². The molecule has 140 valence electrons. The fourth-order valence-corrected chi connectivity index (χ4v) is 5.33. The Bertz CT molecular complexity index is 853. The summed E-state index contributed by atoms with van der Waals surface area (Å²) in [5.74, 6) is -0.221. The number of amides is 1. The molecule has 1 saturated heterocycles. The summed E-state index contributed by atoms with van der Waals surface area (Å²) in [6, 6.07) is 7.05. The van der Waals surface area contributed by atoms with Gasteiger partial charge in [-0.25, -0.2) is 13.1 Å². The van der Waals surface area contributed by atoms with Crippen molar-refractivity contribution < 1.29 is 13.2 Å². The van der Waals surface area contributed by atoms with Crippen LogP contribution in [0.15, 0.2) is 23.1 Å². The van der Waals surface area contributed by atoms with Crippen molar-refractivity contribution in [3.8, 4) is 6.07 Å². The minimum absolute atomic E-state index is 0.0197. The molecule has 1 heterocycles. The molecule has 1 amide bonds. The number of carbonyl (C=O) groups is 1. The lowest BCUT2D eigenvalue weighted by molar-refractivity contribution is 0.0782. The number of hydrogen-bond acceptors (Lipinski definition) is 4. The summed E-state index contributed by atoms with van der Waals surface area (Å²) in [4.78, 5) is 14.6. The van der Waals surface area contributed by atoms with Crippen LogP contribution < -0.4 is 4.72 Å². The second-order valence-electron chi connectivity index (χ2n) is 7.73. The summed E-state index contributed by atoms with van der Waals surface area (Å²) in [6.45, 7) is 4.47. The van der Waals surface area contributed by atoms with Gasteiger partial charge >= 0.3 is 0 Å². The quantitative estimate of drug-likeness (QED) is 0.876. The number of aryl methyl sites for hydroxylation is 1. The van der Waals surface area contributed by atoms with Crippen LogP contribution in [-0.4, -0.2) is 38.4 Å². The molecule has 1 saturated carbocycles. The lowest BCUT2D eigenvalue weighted by atomic mass is 9.92. The van der Waals surface area contributed by atoms with Gasteiger partial charge in [-0.3, -0.25) is 4.79 Å². The topological polar surface area (TPSA) is 90.3 Å². The van der Waals surface area contributed by atoms with E-state index in [0.717, 1.165) is 25.7 Å². The molecule has 2 aliphatic rings. The summed E-state index contributed by atoms with van der Waals surface area (Å²) in [5, 5.41) is 9.24. The molecule has 7 heteroatoms. The summed E-state index contributed by atoms with van der Waals surface area (Å²) < 4.78 is 28.3. The van der Waals surface area contributed by atoms with E-state index in [0.29, 0.717) is 30.6 Å². The summed E-state index contributed by atoms with van der Waals surface area (Å²) in [5.41, 5.74) is 0.444. The molecule has 2 fully saturated rings. The Morgan fingerprint density at radius 1 is 1.35 bits per heavy atom. The van der Waals surface area contributed by atoms with Crippen molar-refractivity contribution in [2.24, 2.45) is 5.41 Å². The molecular weight excluding hydrogens is 350 g/mol. The predicted octanol–water partition coefficient (Wildman–Crippen LogP) is 2.59. The SMILES string of the molecule is Cc1ccc(C(=O)N2CCC(C)(C#N)C2)cc1S(=O)(=O)NC1CCCC1. The highest BCUT2D eigenvalue weighted by Crippen LogP contribution is 2.30. The lowest BCUT2D eigenvalue weighted by Gasteiger charge is -2.19. The number of sulfonamides is 1. The van der Waals surface area contributed by atoms with E-state index in [1.165, 1.54) is 6.07 Å². The molecule has 0 aromatic heterocycles. The van der Waals surface area contributed by atoms with E-state index in [2.05, 4.69) is 10.8 Å². The van der Waals surface area contributed by atoms with E-state index in [1.54, 1.807) is 24.0 Å². The molecule has 1 aromatic carbocycles. The van der Waals surface area contributed by atoms with Gasteiger partial charge in [-0.05, 0) is 50.8 Å². The van der Waals surface area contributed by atoms with Gasteiger partial charge in [-0.15, -0.1) is 0 Å². The Morgan fingerprint density at radius 3 is 2.65 bits per heavy atom. The first kappa shape index (κ1) is 18.9. The first-order valence-electron chi connectivity index (χ1n) is 9.08. The fourth-order valence-electron chi connectivity index (χ4n) is 3.76. The van der Waals surface area contributed by atoms with Gasteiger partial charge in [-0.1, -0.05) is 18.9 Å². The largest absolute Gasteiger partial charge is 0.337 e. The van der Waals surface area contributed by atoms with Crippen LogP contribution in [0.3, 0.4) is 0 Å². The number of rotatable bonds is 4. The minimum atomic E-state index is -3.65. The zero-order valence-corrected chi connectivity index (χ0v) is 16.1. The minimum Gasteiger partial charge on any atom is -0.337 e. The normalized spacial score (nSPS) is 24.0. The maximum Gasteiger partial charge on any atom is 0.253 e. The summed E-state index contributed by atoms with van der Waals surface area (Å²) in [7, 11) is -3.65. The predicted molar refractivity (Wildman–Crippen MR) is 98.0 cm³/mol. The number of benzene rings is 1. The van der Waals surface area contributed by atoms with Crippen molar-refractivity contribution in [3.63, 3.8) is 0 Å². The number of likely N-dealkylation sites (tertiary alicyclic amines) is 1. The number of hydrogen-bond donors (Lipinski definition) is 1. The monoisotopic (exact) mass is 375 g/mol. The van der Waals surface area contributed by atoms with Gasteiger partial charge < -0.3 is 4.90 Å². The lowest BCUT2D eigenvalue weighted by Crippen LogP contribution is -2.34. The summed E-state index contributed by atoms with van der Waals surface area (Å²) >= 11 is 0. The Balaban J connectivity index is 1.83. The Morgan fingerprint density at radius 2 is 2.04 bits per heavy atom. The third-order valence-electron chi connectivity index (χ3n) is 5.43. The average Bonchev–Trinajstić information content (AvgIpc) is 3.24. The number of nitriles is 1. The third-order valence-corrected chi connectivity index (χ3v) is 7.09. The molecule has 1 aromatic rings. The standard InChI is InChI=1S/C19H25N3O3S/c1-14-7-8-15(18(23)22-10-9-19(2,12-20)13-22)11-17(14)26(24,25)21-16-5-3-4-6-16/h7-8,11,16,21H,3-6,9-10,13H2,1-2H3. The first-order valence-corrected chi connectivity index (χ1v) is 10.6. The molecule has 0 bridgehead atoms. The second-order valence-corrected chi connectivity index (χ2v) is 9.41. The van der Waals surface area contributed by atoms with E-state index in [9.17, 15) is 18.5 Å². The van der Waals surface area contributed by atoms with Crippen LogP contribution in [0.25, 0.3) is 0 Å². The summed E-state index contributed by atoms with van der Waals surface area (Å²) in [6.07, 6.45) is 4.43. The maximum atomic E-state index is 12.8. The van der Waals surface area contributed by atoms with E-state index < -0.39 is 15.4 Å². The van der Waals surface area contributed by atoms with Crippen molar-refractivity contribution in [1.82, 2.24) is 9.62 Å². The molecule has 0 radical (unpaired) electrons. The van der Waals surface area contributed by atoms with Crippen LogP contribution in [-0.2, 0) is 10.0 Å². The van der Waals surface area contributed by atoms with Crippen molar-refractivity contribution in [3.05, 3.63) is 29.3 Å². The van der Waals surface area contributed by atoms with Gasteiger partial charge in [0.15, 0.2) is 0 Å². The molecule has 1 atom stereocenters. The fraction of sp³-hybridized carbons (Fsp3) is 0.579. The zero-order chi connectivity index (χ0) is 18.9. The molecule has 0 spiro atoms. The average molecular weight is 375 g/mol. The molecule has 1 aliphatic carbocycles. The van der Waals surface area contributed by atoms with Gasteiger partial charge in [0.05, 0.1) is 16.4 Å².